The van der Waals surface area contributed by atoms with E-state index in [-0.39, 0.29) is 13.0 Å². The number of carbonyl (C=O) groups excluding carboxylic acids is 2. The molecular formula is C12H11NO3. The molecule has 1 rings (SSSR count). The van der Waals surface area contributed by atoms with Gasteiger partial charge in [0, 0.05) is 6.42 Å². The summed E-state index contributed by atoms with van der Waals surface area (Å²) < 4.78 is 4.58. The van der Waals surface area contributed by atoms with E-state index < -0.39 is 11.8 Å². The van der Waals surface area contributed by atoms with Gasteiger partial charge in [0.05, 0.1) is 18.2 Å². The molecule has 0 aliphatic heterocycles. The Morgan fingerprint density at radius 3 is 2.44 bits per heavy atom. The number of esters is 1. The van der Waals surface area contributed by atoms with E-state index >= 15 is 0 Å². The smallest absolute Gasteiger partial charge is 0.374 e. The van der Waals surface area contributed by atoms with Crippen LogP contribution in [0.5, 0.6) is 0 Å². The van der Waals surface area contributed by atoms with E-state index in [9.17, 15) is 9.59 Å². The molecule has 82 valence electrons. The van der Waals surface area contributed by atoms with Crippen LogP contribution in [0.4, 0.5) is 0 Å². The van der Waals surface area contributed by atoms with Crippen molar-refractivity contribution in [3.63, 3.8) is 0 Å². The minimum atomic E-state index is -0.813. The molecule has 0 aromatic heterocycles. The number of ether oxygens (including phenoxy) is 1. The lowest BCUT2D eigenvalue weighted by Crippen LogP contribution is -2.19. The highest BCUT2D eigenvalue weighted by Gasteiger charge is 2.14. The maximum atomic E-state index is 11.3. The van der Waals surface area contributed by atoms with E-state index in [1.165, 1.54) is 0 Å². The number of carbonyl (C=O) groups is 2. The first-order valence-electron chi connectivity index (χ1n) is 4.86. The van der Waals surface area contributed by atoms with Gasteiger partial charge in [-0.25, -0.2) is 4.79 Å². The van der Waals surface area contributed by atoms with Crippen LogP contribution in [0, 0.1) is 11.3 Å². The van der Waals surface area contributed by atoms with Gasteiger partial charge in [0.1, 0.15) is 0 Å². The molecular weight excluding hydrogens is 206 g/mol. The van der Waals surface area contributed by atoms with Crippen molar-refractivity contribution >= 4 is 11.8 Å². The Balaban J connectivity index is 2.63. The molecule has 4 heteroatoms. The van der Waals surface area contributed by atoms with E-state index in [1.54, 1.807) is 31.2 Å². The summed E-state index contributed by atoms with van der Waals surface area (Å²) in [5.74, 6) is -1.39. The lowest BCUT2D eigenvalue weighted by Gasteiger charge is -2.01. The van der Waals surface area contributed by atoms with Crippen LogP contribution in [-0.4, -0.2) is 18.4 Å². The van der Waals surface area contributed by atoms with Crippen molar-refractivity contribution in [1.29, 1.82) is 5.26 Å². The average molecular weight is 217 g/mol. The molecule has 0 spiro atoms. The number of nitrogens with zero attached hydrogens (tertiary/aromatic N) is 1. The van der Waals surface area contributed by atoms with E-state index in [0.29, 0.717) is 11.1 Å². The van der Waals surface area contributed by atoms with Crippen LogP contribution in [0.3, 0.4) is 0 Å². The number of hydrogen-bond acceptors (Lipinski definition) is 4. The third kappa shape index (κ3) is 3.21. The predicted octanol–water partition coefficient (Wildman–Crippen LogP) is 1.23. The molecule has 0 N–H and O–H groups in total. The molecule has 0 amide bonds. The minimum Gasteiger partial charge on any atom is -0.460 e. The third-order valence-corrected chi connectivity index (χ3v) is 1.95. The van der Waals surface area contributed by atoms with Gasteiger partial charge < -0.3 is 4.74 Å². The SMILES string of the molecule is CCOC(=O)C(=O)Cc1ccc(C#N)cc1. The summed E-state index contributed by atoms with van der Waals surface area (Å²) in [6, 6.07) is 8.48. The van der Waals surface area contributed by atoms with Gasteiger partial charge >= 0.3 is 5.97 Å². The highest BCUT2D eigenvalue weighted by Crippen LogP contribution is 2.05. The van der Waals surface area contributed by atoms with Gasteiger partial charge in [-0.15, -0.1) is 0 Å². The fraction of sp³-hybridized carbons (Fsp3) is 0.250. The number of ketones is 1. The monoisotopic (exact) mass is 217 g/mol. The summed E-state index contributed by atoms with van der Waals surface area (Å²) in [4.78, 5) is 22.4. The van der Waals surface area contributed by atoms with Crippen molar-refractivity contribution in [3.8, 4) is 6.07 Å². The van der Waals surface area contributed by atoms with Crippen LogP contribution in [-0.2, 0) is 20.7 Å². The Morgan fingerprint density at radius 1 is 1.31 bits per heavy atom. The van der Waals surface area contributed by atoms with Crippen LogP contribution < -0.4 is 0 Å². The Labute approximate surface area is 93.5 Å². The second-order valence-corrected chi connectivity index (χ2v) is 3.13. The van der Waals surface area contributed by atoms with Crippen molar-refractivity contribution in [2.45, 2.75) is 13.3 Å². The molecule has 0 radical (unpaired) electrons. The first kappa shape index (κ1) is 11.9. The van der Waals surface area contributed by atoms with Gasteiger partial charge in [0.15, 0.2) is 0 Å². The van der Waals surface area contributed by atoms with E-state index in [1.807, 2.05) is 6.07 Å². The topological polar surface area (TPSA) is 67.2 Å². The van der Waals surface area contributed by atoms with Gasteiger partial charge in [-0.3, -0.25) is 4.79 Å². The minimum absolute atomic E-state index is 0.00451. The van der Waals surface area contributed by atoms with Gasteiger partial charge in [-0.2, -0.15) is 5.26 Å². The molecule has 0 aliphatic carbocycles. The largest absolute Gasteiger partial charge is 0.460 e. The fourth-order valence-electron chi connectivity index (χ4n) is 1.17. The molecule has 0 fully saturated rings. The first-order chi connectivity index (χ1) is 7.67. The second-order valence-electron chi connectivity index (χ2n) is 3.13. The average Bonchev–Trinajstić information content (AvgIpc) is 2.30. The third-order valence-electron chi connectivity index (χ3n) is 1.95. The highest BCUT2D eigenvalue weighted by atomic mass is 16.5. The van der Waals surface area contributed by atoms with Crippen molar-refractivity contribution in [2.24, 2.45) is 0 Å². The summed E-state index contributed by atoms with van der Waals surface area (Å²) >= 11 is 0. The van der Waals surface area contributed by atoms with Gasteiger partial charge in [-0.05, 0) is 24.6 Å². The highest BCUT2D eigenvalue weighted by molar-refractivity contribution is 6.34. The Hall–Kier alpha value is -2.15. The maximum absolute atomic E-state index is 11.3. The molecule has 0 heterocycles. The quantitative estimate of drug-likeness (QED) is 0.562. The molecule has 0 bridgehead atoms. The Morgan fingerprint density at radius 2 is 1.94 bits per heavy atom. The number of Topliss-reactive ketones (excluding diaryl/α,β-unsaturated/α-hetero) is 1. The lowest BCUT2D eigenvalue weighted by atomic mass is 10.1. The zero-order valence-corrected chi connectivity index (χ0v) is 8.90. The summed E-state index contributed by atoms with van der Waals surface area (Å²) in [5, 5.41) is 8.58. The molecule has 0 saturated carbocycles. The van der Waals surface area contributed by atoms with E-state index in [4.69, 9.17) is 5.26 Å². The molecule has 1 aromatic rings. The molecule has 0 aliphatic rings. The van der Waals surface area contributed by atoms with Crippen molar-refractivity contribution in [2.75, 3.05) is 6.61 Å². The molecule has 0 atom stereocenters. The van der Waals surface area contributed by atoms with Crippen LogP contribution in [0.25, 0.3) is 0 Å². The molecule has 0 unspecified atom stereocenters. The zero-order valence-electron chi connectivity index (χ0n) is 8.90. The number of benzene rings is 1. The van der Waals surface area contributed by atoms with Crippen molar-refractivity contribution in [3.05, 3.63) is 35.4 Å². The lowest BCUT2D eigenvalue weighted by molar-refractivity contribution is -0.153. The van der Waals surface area contributed by atoms with E-state index in [0.717, 1.165) is 0 Å². The van der Waals surface area contributed by atoms with Crippen LogP contribution >= 0.6 is 0 Å². The molecule has 0 saturated heterocycles. The van der Waals surface area contributed by atoms with Crippen LogP contribution in [0.2, 0.25) is 0 Å². The Kier molecular flexibility index (Phi) is 4.22. The summed E-state index contributed by atoms with van der Waals surface area (Å²) in [6.07, 6.45) is 0.00451. The summed E-state index contributed by atoms with van der Waals surface area (Å²) in [5.41, 5.74) is 1.21. The number of nitriles is 1. The Bertz CT molecular complexity index is 429. The zero-order chi connectivity index (χ0) is 12.0. The van der Waals surface area contributed by atoms with Gasteiger partial charge in [0.25, 0.3) is 0 Å². The van der Waals surface area contributed by atoms with E-state index in [2.05, 4.69) is 4.74 Å². The maximum Gasteiger partial charge on any atom is 0.374 e. The fourth-order valence-corrected chi connectivity index (χ4v) is 1.17. The predicted molar refractivity (Wildman–Crippen MR) is 56.5 cm³/mol. The first-order valence-corrected chi connectivity index (χ1v) is 4.86. The summed E-state index contributed by atoms with van der Waals surface area (Å²) in [7, 11) is 0. The van der Waals surface area contributed by atoms with Crippen molar-refractivity contribution < 1.29 is 14.3 Å². The van der Waals surface area contributed by atoms with Gasteiger partial charge in [-0.1, -0.05) is 12.1 Å². The van der Waals surface area contributed by atoms with Crippen LogP contribution in [0.15, 0.2) is 24.3 Å². The molecule has 16 heavy (non-hydrogen) atoms. The standard InChI is InChI=1S/C12H11NO3/c1-2-16-12(15)11(14)7-9-3-5-10(8-13)6-4-9/h3-6H,2,7H2,1H3. The second kappa shape index (κ2) is 5.66. The molecule has 1 aromatic carbocycles. The van der Waals surface area contributed by atoms with Crippen LogP contribution in [0.1, 0.15) is 18.1 Å². The van der Waals surface area contributed by atoms with Gasteiger partial charge in [0.2, 0.25) is 5.78 Å². The number of rotatable bonds is 4. The number of hydrogen-bond donors (Lipinski definition) is 0. The summed E-state index contributed by atoms with van der Waals surface area (Å²) in [6.45, 7) is 1.84. The van der Waals surface area contributed by atoms with Crippen molar-refractivity contribution in [1.82, 2.24) is 0 Å². The molecule has 4 nitrogen and oxygen atoms in total. The normalized spacial score (nSPS) is 9.25.